The van der Waals surface area contributed by atoms with Crippen LogP contribution in [0.15, 0.2) is 33.5 Å². The Morgan fingerprint density at radius 1 is 1.31 bits per heavy atom. The zero-order valence-corrected chi connectivity index (χ0v) is 9.96. The molecule has 2 aliphatic carbocycles. The molecule has 0 radical (unpaired) electrons. The lowest BCUT2D eigenvalue weighted by Gasteiger charge is -2.23. The van der Waals surface area contributed by atoms with Gasteiger partial charge in [0.1, 0.15) is 0 Å². The first-order valence-electron chi connectivity index (χ1n) is 5.06. The maximum absolute atomic E-state index is 2.47. The maximum atomic E-state index is 2.47. The van der Waals surface area contributed by atoms with Gasteiger partial charge in [0, 0.05) is 0 Å². The molecular formula is C12H15I. The molecule has 0 saturated carbocycles. The van der Waals surface area contributed by atoms with Crippen LogP contribution in [0.2, 0.25) is 0 Å². The Labute approximate surface area is 93.9 Å². The third-order valence-corrected chi connectivity index (χ3v) is 3.91. The van der Waals surface area contributed by atoms with Crippen LogP contribution in [0.4, 0.5) is 0 Å². The molecule has 13 heavy (non-hydrogen) atoms. The van der Waals surface area contributed by atoms with Gasteiger partial charge in [0.15, 0.2) is 0 Å². The minimum Gasteiger partial charge on any atom is -0.0842 e. The van der Waals surface area contributed by atoms with Gasteiger partial charge in [-0.25, -0.2) is 0 Å². The fraction of sp³-hybridized carbons (Fsp3) is 0.500. The van der Waals surface area contributed by atoms with Crippen molar-refractivity contribution in [2.75, 3.05) is 0 Å². The first-order valence-corrected chi connectivity index (χ1v) is 6.14. The van der Waals surface area contributed by atoms with Gasteiger partial charge in [-0.1, -0.05) is 29.9 Å². The average Bonchev–Trinajstić information content (AvgIpc) is 2.20. The number of hydrogen-bond donors (Lipinski definition) is 0. The van der Waals surface area contributed by atoms with E-state index >= 15 is 0 Å². The van der Waals surface area contributed by atoms with Crippen LogP contribution < -0.4 is 0 Å². The first kappa shape index (κ1) is 9.50. The van der Waals surface area contributed by atoms with Gasteiger partial charge in [0.25, 0.3) is 0 Å². The van der Waals surface area contributed by atoms with Crippen LogP contribution in [0.1, 0.15) is 32.1 Å². The van der Waals surface area contributed by atoms with Crippen molar-refractivity contribution in [2.24, 2.45) is 5.92 Å². The molecule has 1 unspecified atom stereocenters. The van der Waals surface area contributed by atoms with Crippen molar-refractivity contribution in [3.8, 4) is 0 Å². The second-order valence-electron chi connectivity index (χ2n) is 3.83. The second-order valence-corrected chi connectivity index (χ2v) is 5.22. The molecule has 0 heterocycles. The number of allylic oxidation sites excluding steroid dienone is 6. The summed E-state index contributed by atoms with van der Waals surface area (Å²) in [5.41, 5.74) is 1.68. The highest BCUT2D eigenvalue weighted by molar-refractivity contribution is 14.1. The molecule has 0 aromatic carbocycles. The van der Waals surface area contributed by atoms with Gasteiger partial charge in [0.05, 0.1) is 0 Å². The molecule has 2 rings (SSSR count). The molecule has 1 atom stereocenters. The molecule has 70 valence electrons. The summed E-state index contributed by atoms with van der Waals surface area (Å²) in [7, 11) is 0. The molecule has 0 saturated heterocycles. The quantitative estimate of drug-likeness (QED) is 0.627. The van der Waals surface area contributed by atoms with Crippen LogP contribution >= 0.6 is 22.6 Å². The summed E-state index contributed by atoms with van der Waals surface area (Å²) < 4.78 is 1.56. The minimum atomic E-state index is 0.850. The van der Waals surface area contributed by atoms with E-state index in [1.165, 1.54) is 32.1 Å². The van der Waals surface area contributed by atoms with E-state index in [0.29, 0.717) is 0 Å². The highest BCUT2D eigenvalue weighted by Gasteiger charge is 2.17. The lowest BCUT2D eigenvalue weighted by Crippen LogP contribution is -2.08. The number of halogens is 1. The molecule has 0 aromatic rings. The van der Waals surface area contributed by atoms with Gasteiger partial charge in [-0.2, -0.15) is 0 Å². The van der Waals surface area contributed by atoms with Crippen LogP contribution in [-0.2, 0) is 0 Å². The lowest BCUT2D eigenvalue weighted by molar-refractivity contribution is 0.531. The monoisotopic (exact) mass is 286 g/mol. The summed E-state index contributed by atoms with van der Waals surface area (Å²) in [6.07, 6.45) is 15.7. The van der Waals surface area contributed by atoms with Crippen molar-refractivity contribution in [1.29, 1.82) is 0 Å². The summed E-state index contributed by atoms with van der Waals surface area (Å²) in [4.78, 5) is 0. The summed E-state index contributed by atoms with van der Waals surface area (Å²) >= 11 is 2.47. The van der Waals surface area contributed by atoms with Crippen LogP contribution in [0.3, 0.4) is 0 Å². The third kappa shape index (κ3) is 2.46. The minimum absolute atomic E-state index is 0.850. The standard InChI is InChI=1S/C12H15I/c13-12-8-6-11(7-9-12)10-4-2-1-3-5-10/h1-2,4,8,11H,3,5-7,9H2. The van der Waals surface area contributed by atoms with Crippen LogP contribution in [0, 0.1) is 5.92 Å². The van der Waals surface area contributed by atoms with Crippen molar-refractivity contribution in [1.82, 2.24) is 0 Å². The molecule has 0 bridgehead atoms. The third-order valence-electron chi connectivity index (χ3n) is 2.93. The predicted octanol–water partition coefficient (Wildman–Crippen LogP) is 4.38. The number of rotatable bonds is 1. The Balaban J connectivity index is 2.02. The zero-order chi connectivity index (χ0) is 9.10. The van der Waals surface area contributed by atoms with E-state index in [0.717, 1.165) is 5.92 Å². The molecule has 2 aliphatic rings. The molecule has 0 spiro atoms. The van der Waals surface area contributed by atoms with Gasteiger partial charge < -0.3 is 0 Å². The molecule has 0 fully saturated rings. The largest absolute Gasteiger partial charge is 0.0842 e. The Morgan fingerprint density at radius 2 is 2.23 bits per heavy atom. The van der Waals surface area contributed by atoms with E-state index in [1.807, 2.05) is 0 Å². The van der Waals surface area contributed by atoms with Crippen molar-refractivity contribution in [3.05, 3.63) is 33.5 Å². The van der Waals surface area contributed by atoms with Crippen molar-refractivity contribution >= 4 is 22.6 Å². The SMILES string of the molecule is IC1=CCC(C2=CC=CCC2)CC1. The van der Waals surface area contributed by atoms with Crippen molar-refractivity contribution in [2.45, 2.75) is 32.1 Å². The second kappa shape index (κ2) is 4.45. The summed E-state index contributed by atoms with van der Waals surface area (Å²) in [5, 5.41) is 0. The zero-order valence-electron chi connectivity index (χ0n) is 7.80. The van der Waals surface area contributed by atoms with Gasteiger partial charge >= 0.3 is 0 Å². The summed E-state index contributed by atoms with van der Waals surface area (Å²) in [5.74, 6) is 0.850. The topological polar surface area (TPSA) is 0 Å². The maximum Gasteiger partial charge on any atom is -0.0133 e. The predicted molar refractivity (Wildman–Crippen MR) is 65.9 cm³/mol. The van der Waals surface area contributed by atoms with E-state index in [-0.39, 0.29) is 0 Å². The summed E-state index contributed by atoms with van der Waals surface area (Å²) in [6, 6.07) is 0. The van der Waals surface area contributed by atoms with E-state index in [1.54, 1.807) is 9.15 Å². The van der Waals surface area contributed by atoms with E-state index in [2.05, 4.69) is 46.9 Å². The van der Waals surface area contributed by atoms with Crippen LogP contribution in [0.5, 0.6) is 0 Å². The summed E-state index contributed by atoms with van der Waals surface area (Å²) in [6.45, 7) is 0. The molecule has 0 aliphatic heterocycles. The highest BCUT2D eigenvalue weighted by Crippen LogP contribution is 2.34. The molecular weight excluding hydrogens is 271 g/mol. The first-order chi connectivity index (χ1) is 6.36. The van der Waals surface area contributed by atoms with E-state index in [4.69, 9.17) is 0 Å². The highest BCUT2D eigenvalue weighted by atomic mass is 127. The average molecular weight is 286 g/mol. The number of hydrogen-bond acceptors (Lipinski definition) is 0. The van der Waals surface area contributed by atoms with E-state index in [9.17, 15) is 0 Å². The van der Waals surface area contributed by atoms with Gasteiger partial charge in [0.2, 0.25) is 0 Å². The normalized spacial score (nSPS) is 28.2. The van der Waals surface area contributed by atoms with Crippen molar-refractivity contribution < 1.29 is 0 Å². The Bertz CT molecular complexity index is 271. The lowest BCUT2D eigenvalue weighted by atomic mass is 9.84. The van der Waals surface area contributed by atoms with Crippen LogP contribution in [-0.4, -0.2) is 0 Å². The fourth-order valence-electron chi connectivity index (χ4n) is 2.10. The molecule has 1 heteroatoms. The Hall–Kier alpha value is -0.0500. The van der Waals surface area contributed by atoms with Gasteiger partial charge in [-0.3, -0.25) is 0 Å². The van der Waals surface area contributed by atoms with Crippen LogP contribution in [0.25, 0.3) is 0 Å². The molecule has 0 N–H and O–H groups in total. The molecule has 0 amide bonds. The van der Waals surface area contributed by atoms with Gasteiger partial charge in [-0.05, 0) is 64.2 Å². The Kier molecular flexibility index (Phi) is 3.25. The van der Waals surface area contributed by atoms with E-state index < -0.39 is 0 Å². The molecule has 0 nitrogen and oxygen atoms in total. The van der Waals surface area contributed by atoms with Gasteiger partial charge in [-0.15, -0.1) is 0 Å². The molecule has 0 aromatic heterocycles. The Morgan fingerprint density at radius 3 is 2.85 bits per heavy atom. The van der Waals surface area contributed by atoms with Crippen molar-refractivity contribution in [3.63, 3.8) is 0 Å². The fourth-order valence-corrected chi connectivity index (χ4v) is 2.67. The smallest absolute Gasteiger partial charge is 0.0133 e.